The van der Waals surface area contributed by atoms with E-state index in [-0.39, 0.29) is 17.2 Å². The maximum absolute atomic E-state index is 13.3. The van der Waals surface area contributed by atoms with Crippen molar-refractivity contribution < 1.29 is 13.9 Å². The van der Waals surface area contributed by atoms with Gasteiger partial charge in [-0.2, -0.15) is 0 Å². The summed E-state index contributed by atoms with van der Waals surface area (Å²) >= 11 is 7.48. The van der Waals surface area contributed by atoms with Gasteiger partial charge in [0, 0.05) is 22.1 Å². The molecule has 31 heavy (non-hydrogen) atoms. The van der Waals surface area contributed by atoms with Gasteiger partial charge in [-0.1, -0.05) is 23.4 Å². The van der Waals surface area contributed by atoms with Crippen LogP contribution >= 0.6 is 23.4 Å². The minimum Gasteiger partial charge on any atom is -0.495 e. The van der Waals surface area contributed by atoms with Crippen molar-refractivity contribution in [3.63, 3.8) is 0 Å². The second-order valence-corrected chi connectivity index (χ2v) is 8.69. The van der Waals surface area contributed by atoms with E-state index in [1.165, 1.54) is 23.9 Å². The van der Waals surface area contributed by atoms with E-state index in [1.807, 2.05) is 30.6 Å². The van der Waals surface area contributed by atoms with Crippen LogP contribution in [0.25, 0.3) is 11.8 Å². The zero-order chi connectivity index (χ0) is 22.1. The third kappa shape index (κ3) is 4.43. The van der Waals surface area contributed by atoms with Crippen LogP contribution in [0.4, 0.5) is 10.1 Å². The molecule has 8 heteroatoms. The van der Waals surface area contributed by atoms with E-state index in [1.54, 1.807) is 37.4 Å². The number of hydrogen-bond donors (Lipinski definition) is 2. The van der Waals surface area contributed by atoms with Crippen LogP contribution < -0.4 is 15.4 Å². The van der Waals surface area contributed by atoms with Crippen molar-refractivity contribution in [2.24, 2.45) is 0 Å². The number of amides is 1. The van der Waals surface area contributed by atoms with E-state index in [4.69, 9.17) is 16.3 Å². The summed E-state index contributed by atoms with van der Waals surface area (Å²) in [5.74, 6) is 0.206. The normalized spacial score (nSPS) is 17.1. The lowest BCUT2D eigenvalue weighted by molar-refractivity contribution is -0.116. The first-order valence-corrected chi connectivity index (χ1v) is 10.9. The first-order chi connectivity index (χ1) is 14.9. The Morgan fingerprint density at radius 1 is 1.19 bits per heavy atom. The predicted molar refractivity (Wildman–Crippen MR) is 124 cm³/mol. The molecule has 0 radical (unpaired) electrons. The summed E-state index contributed by atoms with van der Waals surface area (Å²) in [6, 6.07) is 13.6. The molecule has 1 fully saturated rings. The monoisotopic (exact) mass is 457 g/mol. The number of nitrogens with one attached hydrogen (secondary N) is 2. The Labute approximate surface area is 189 Å². The van der Waals surface area contributed by atoms with Crippen LogP contribution in [0.15, 0.2) is 53.4 Å². The number of rotatable bonds is 5. The SMILES string of the molecule is COc1ccc(Cl)cc1NC1NC(=O)/C(=C/c2cc(C)n(-c3ccc(F)cc3)c2C)S1. The number of anilines is 1. The Bertz CT molecular complexity index is 1170. The summed E-state index contributed by atoms with van der Waals surface area (Å²) in [4.78, 5) is 13.2. The Morgan fingerprint density at radius 3 is 2.65 bits per heavy atom. The van der Waals surface area contributed by atoms with Gasteiger partial charge in [0.1, 0.15) is 11.6 Å². The van der Waals surface area contributed by atoms with Crippen LogP contribution in [-0.4, -0.2) is 23.1 Å². The summed E-state index contributed by atoms with van der Waals surface area (Å²) in [5.41, 5.74) is 4.11. The molecule has 2 aromatic carbocycles. The zero-order valence-electron chi connectivity index (χ0n) is 17.2. The van der Waals surface area contributed by atoms with Gasteiger partial charge in [0.05, 0.1) is 17.7 Å². The lowest BCUT2D eigenvalue weighted by Crippen LogP contribution is -2.31. The highest BCUT2D eigenvalue weighted by Crippen LogP contribution is 2.35. The number of ether oxygens (including phenoxy) is 1. The minimum atomic E-state index is -0.355. The van der Waals surface area contributed by atoms with Crippen LogP contribution in [0.5, 0.6) is 5.75 Å². The summed E-state index contributed by atoms with van der Waals surface area (Å²) in [5, 5.41) is 6.74. The van der Waals surface area contributed by atoms with Crippen LogP contribution in [0, 0.1) is 19.7 Å². The fourth-order valence-corrected chi connectivity index (χ4v) is 4.70. The molecule has 2 N–H and O–H groups in total. The molecule has 160 valence electrons. The van der Waals surface area contributed by atoms with Gasteiger partial charge in [-0.25, -0.2) is 4.39 Å². The Hall–Kier alpha value is -2.90. The van der Waals surface area contributed by atoms with Crippen molar-refractivity contribution >= 4 is 41.0 Å². The van der Waals surface area contributed by atoms with Crippen LogP contribution in [0.1, 0.15) is 17.0 Å². The van der Waals surface area contributed by atoms with Gasteiger partial charge in [-0.3, -0.25) is 4.79 Å². The van der Waals surface area contributed by atoms with Crippen molar-refractivity contribution in [2.75, 3.05) is 12.4 Å². The minimum absolute atomic E-state index is 0.157. The number of thioether (sulfide) groups is 1. The first kappa shape index (κ1) is 21.3. The predicted octanol–water partition coefficient (Wildman–Crippen LogP) is 5.49. The molecule has 1 atom stereocenters. The average molecular weight is 458 g/mol. The molecule has 0 bridgehead atoms. The number of methoxy groups -OCH3 is 1. The second kappa shape index (κ2) is 8.69. The molecule has 1 amide bonds. The number of hydrogen-bond acceptors (Lipinski definition) is 4. The van der Waals surface area contributed by atoms with Gasteiger partial charge in [0.2, 0.25) is 0 Å². The van der Waals surface area contributed by atoms with Crippen molar-refractivity contribution in [3.05, 3.63) is 81.2 Å². The zero-order valence-corrected chi connectivity index (χ0v) is 18.8. The molecule has 1 aliphatic heterocycles. The highest BCUT2D eigenvalue weighted by molar-refractivity contribution is 8.05. The third-order valence-corrected chi connectivity index (χ3v) is 6.28. The van der Waals surface area contributed by atoms with Crippen LogP contribution in [-0.2, 0) is 4.79 Å². The molecule has 1 unspecified atom stereocenters. The number of carbonyl (C=O) groups is 1. The van der Waals surface area contributed by atoms with E-state index in [9.17, 15) is 9.18 Å². The highest BCUT2D eigenvalue weighted by atomic mass is 35.5. The molecule has 2 heterocycles. The molecule has 5 nitrogen and oxygen atoms in total. The molecule has 1 aromatic heterocycles. The van der Waals surface area contributed by atoms with Gasteiger partial charge in [0.15, 0.2) is 5.50 Å². The number of halogens is 2. The fraction of sp³-hybridized carbons (Fsp3) is 0.174. The smallest absolute Gasteiger partial charge is 0.260 e. The third-order valence-electron chi connectivity index (χ3n) is 5.02. The number of aryl methyl sites for hydroxylation is 1. The van der Waals surface area contributed by atoms with E-state index in [2.05, 4.69) is 10.6 Å². The Kier molecular flexibility index (Phi) is 5.98. The Balaban J connectivity index is 1.58. The lowest BCUT2D eigenvalue weighted by atomic mass is 10.2. The summed E-state index contributed by atoms with van der Waals surface area (Å²) in [6.07, 6.45) is 1.87. The topological polar surface area (TPSA) is 55.3 Å². The molecule has 3 aromatic rings. The van der Waals surface area contributed by atoms with Crippen molar-refractivity contribution in [3.8, 4) is 11.4 Å². The van der Waals surface area contributed by atoms with Gasteiger partial charge in [-0.05, 0) is 74.0 Å². The largest absolute Gasteiger partial charge is 0.495 e. The molecular formula is C23H21ClFN3O2S. The number of aromatic nitrogens is 1. The van der Waals surface area contributed by atoms with E-state index in [0.29, 0.717) is 21.4 Å². The highest BCUT2D eigenvalue weighted by Gasteiger charge is 2.28. The standard InChI is InChI=1S/C23H21ClFN3O2S/c1-13-10-15(14(2)28(13)18-7-5-17(25)6-8-18)11-21-22(29)27-23(31-21)26-19-12-16(24)4-9-20(19)30-3/h4-12,23,26H,1-3H3,(H,27,29)/b21-11-. The van der Waals surface area contributed by atoms with E-state index >= 15 is 0 Å². The van der Waals surface area contributed by atoms with E-state index in [0.717, 1.165) is 22.6 Å². The van der Waals surface area contributed by atoms with Gasteiger partial charge < -0.3 is 19.9 Å². The summed E-state index contributed by atoms with van der Waals surface area (Å²) < 4.78 is 20.7. The lowest BCUT2D eigenvalue weighted by Gasteiger charge is -2.15. The summed E-state index contributed by atoms with van der Waals surface area (Å²) in [7, 11) is 1.58. The average Bonchev–Trinajstić information content (AvgIpc) is 3.21. The maximum Gasteiger partial charge on any atom is 0.260 e. The number of carbonyl (C=O) groups excluding carboxylic acids is 1. The molecule has 4 rings (SSSR count). The van der Waals surface area contributed by atoms with Gasteiger partial charge >= 0.3 is 0 Å². The molecule has 0 spiro atoms. The van der Waals surface area contributed by atoms with Crippen LogP contribution in [0.2, 0.25) is 5.02 Å². The summed E-state index contributed by atoms with van der Waals surface area (Å²) in [6.45, 7) is 3.96. The molecule has 0 aliphatic carbocycles. The van der Waals surface area contributed by atoms with Crippen molar-refractivity contribution in [1.82, 2.24) is 9.88 Å². The first-order valence-electron chi connectivity index (χ1n) is 9.60. The van der Waals surface area contributed by atoms with E-state index < -0.39 is 0 Å². The van der Waals surface area contributed by atoms with Gasteiger partial charge in [0.25, 0.3) is 5.91 Å². The van der Waals surface area contributed by atoms with Crippen molar-refractivity contribution in [1.29, 1.82) is 0 Å². The molecule has 0 saturated carbocycles. The number of benzene rings is 2. The quantitative estimate of drug-likeness (QED) is 0.497. The maximum atomic E-state index is 13.3. The molecular weight excluding hydrogens is 437 g/mol. The molecule has 1 aliphatic rings. The van der Waals surface area contributed by atoms with Crippen molar-refractivity contribution in [2.45, 2.75) is 19.3 Å². The van der Waals surface area contributed by atoms with Gasteiger partial charge in [-0.15, -0.1) is 0 Å². The van der Waals surface area contributed by atoms with Crippen LogP contribution in [0.3, 0.4) is 0 Å². The fourth-order valence-electron chi connectivity index (χ4n) is 3.56. The second-order valence-electron chi connectivity index (χ2n) is 7.11. The molecule has 1 saturated heterocycles. The number of nitrogens with zero attached hydrogens (tertiary/aromatic N) is 1. The Morgan fingerprint density at radius 2 is 1.94 bits per heavy atom.